The fraction of sp³-hybridized carbons (Fsp3) is 0.333. The molecule has 0 aliphatic heterocycles. The van der Waals surface area contributed by atoms with Gasteiger partial charge >= 0.3 is 12.0 Å². The van der Waals surface area contributed by atoms with Gasteiger partial charge in [-0.15, -0.1) is 0 Å². The first-order valence-electron chi connectivity index (χ1n) is 5.48. The summed E-state index contributed by atoms with van der Waals surface area (Å²) in [4.78, 5) is 23.7. The van der Waals surface area contributed by atoms with Crippen molar-refractivity contribution in [1.82, 2.24) is 5.32 Å². The number of hydrogen-bond acceptors (Lipinski definition) is 2. The van der Waals surface area contributed by atoms with Crippen LogP contribution in [0, 0.1) is 5.82 Å². The van der Waals surface area contributed by atoms with Gasteiger partial charge in [-0.3, -0.25) is 4.90 Å². The van der Waals surface area contributed by atoms with Gasteiger partial charge in [0, 0.05) is 12.7 Å². The van der Waals surface area contributed by atoms with Gasteiger partial charge in [-0.05, 0) is 24.6 Å². The third kappa shape index (κ3) is 3.44. The quantitative estimate of drug-likeness (QED) is 0.861. The van der Waals surface area contributed by atoms with Gasteiger partial charge in [-0.25, -0.2) is 14.0 Å². The Labute approximate surface area is 104 Å². The van der Waals surface area contributed by atoms with Crippen molar-refractivity contribution in [3.63, 3.8) is 0 Å². The molecule has 0 bridgehead atoms. The van der Waals surface area contributed by atoms with Crippen molar-refractivity contribution in [3.8, 4) is 0 Å². The number of carboxylic acids is 1. The Bertz CT molecular complexity index is 451. The minimum Gasteiger partial charge on any atom is -0.480 e. The first-order valence-corrected chi connectivity index (χ1v) is 5.48. The molecule has 0 radical (unpaired) electrons. The molecule has 98 valence electrons. The fourth-order valence-electron chi connectivity index (χ4n) is 1.39. The molecule has 0 spiro atoms. The third-order valence-corrected chi connectivity index (χ3v) is 2.50. The Balaban J connectivity index is 2.75. The first kappa shape index (κ1) is 14.0. The molecule has 18 heavy (non-hydrogen) atoms. The largest absolute Gasteiger partial charge is 0.480 e. The van der Waals surface area contributed by atoms with E-state index < -0.39 is 23.9 Å². The lowest BCUT2D eigenvalue weighted by Gasteiger charge is -2.20. The first-order chi connectivity index (χ1) is 8.45. The van der Waals surface area contributed by atoms with E-state index in [0.29, 0.717) is 5.69 Å². The van der Waals surface area contributed by atoms with E-state index in [9.17, 15) is 14.0 Å². The van der Waals surface area contributed by atoms with E-state index in [2.05, 4.69) is 5.32 Å². The average Bonchev–Trinajstić information content (AvgIpc) is 2.34. The molecule has 0 aliphatic carbocycles. The van der Waals surface area contributed by atoms with Gasteiger partial charge in [0.05, 0.1) is 0 Å². The maximum Gasteiger partial charge on any atom is 0.326 e. The molecule has 0 aromatic heterocycles. The highest BCUT2D eigenvalue weighted by molar-refractivity contribution is 5.93. The highest BCUT2D eigenvalue weighted by Gasteiger charge is 2.20. The van der Waals surface area contributed by atoms with Crippen LogP contribution in [-0.4, -0.2) is 30.2 Å². The summed E-state index contributed by atoms with van der Waals surface area (Å²) in [6.45, 7) is 1.65. The molecule has 2 N–H and O–H groups in total. The van der Waals surface area contributed by atoms with Gasteiger partial charge in [0.15, 0.2) is 0 Å². The summed E-state index contributed by atoms with van der Waals surface area (Å²) < 4.78 is 13.0. The number of halogens is 1. The summed E-state index contributed by atoms with van der Waals surface area (Å²) in [6, 6.07) is 3.96. The molecule has 1 rings (SSSR count). The van der Waals surface area contributed by atoms with Gasteiger partial charge in [0.2, 0.25) is 0 Å². The average molecular weight is 254 g/mol. The lowest BCUT2D eigenvalue weighted by atomic mass is 10.2. The van der Waals surface area contributed by atoms with Gasteiger partial charge in [-0.2, -0.15) is 0 Å². The zero-order valence-corrected chi connectivity index (χ0v) is 10.2. The molecule has 1 unspecified atom stereocenters. The molecule has 1 atom stereocenters. The topological polar surface area (TPSA) is 69.6 Å². The van der Waals surface area contributed by atoms with Crippen LogP contribution < -0.4 is 10.2 Å². The number of hydrogen-bond donors (Lipinski definition) is 2. The van der Waals surface area contributed by atoms with E-state index in [0.717, 1.165) is 4.90 Å². The van der Waals surface area contributed by atoms with Gasteiger partial charge in [0.25, 0.3) is 0 Å². The normalized spacial score (nSPS) is 11.7. The van der Waals surface area contributed by atoms with E-state index in [1.165, 1.54) is 25.2 Å². The number of carbonyl (C=O) groups is 2. The second-order valence-corrected chi connectivity index (χ2v) is 3.79. The number of anilines is 1. The number of urea groups is 1. The summed E-state index contributed by atoms with van der Waals surface area (Å²) in [5.74, 6) is -1.56. The fourth-order valence-corrected chi connectivity index (χ4v) is 1.39. The minimum absolute atomic E-state index is 0.276. The molecular weight excluding hydrogens is 239 g/mol. The van der Waals surface area contributed by atoms with Crippen LogP contribution in [0.3, 0.4) is 0 Å². The van der Waals surface area contributed by atoms with Crippen molar-refractivity contribution < 1.29 is 19.1 Å². The Hall–Kier alpha value is -2.11. The maximum atomic E-state index is 13.0. The van der Waals surface area contributed by atoms with Crippen LogP contribution in [0.15, 0.2) is 24.3 Å². The van der Waals surface area contributed by atoms with Crippen molar-refractivity contribution in [3.05, 3.63) is 30.1 Å². The highest BCUT2D eigenvalue weighted by Crippen LogP contribution is 2.14. The van der Waals surface area contributed by atoms with Crippen molar-refractivity contribution in [2.24, 2.45) is 0 Å². The van der Waals surface area contributed by atoms with E-state index in [-0.39, 0.29) is 6.42 Å². The molecule has 0 saturated heterocycles. The van der Waals surface area contributed by atoms with E-state index in [4.69, 9.17) is 5.11 Å². The molecule has 0 aliphatic rings. The molecule has 2 amide bonds. The third-order valence-electron chi connectivity index (χ3n) is 2.50. The van der Waals surface area contributed by atoms with E-state index >= 15 is 0 Å². The Morgan fingerprint density at radius 2 is 2.17 bits per heavy atom. The SMILES string of the molecule is CCC(NC(=O)N(C)c1cccc(F)c1)C(=O)O. The number of carboxylic acid groups (broad SMARTS) is 1. The molecule has 6 heteroatoms. The van der Waals surface area contributed by atoms with E-state index in [1.807, 2.05) is 0 Å². The molecule has 0 saturated carbocycles. The number of rotatable bonds is 4. The van der Waals surface area contributed by atoms with Crippen LogP contribution in [0.1, 0.15) is 13.3 Å². The van der Waals surface area contributed by atoms with Crippen LogP contribution in [0.5, 0.6) is 0 Å². The Morgan fingerprint density at radius 3 is 2.67 bits per heavy atom. The van der Waals surface area contributed by atoms with Crippen LogP contribution >= 0.6 is 0 Å². The predicted octanol–water partition coefficient (Wildman–Crippen LogP) is 1.83. The van der Waals surface area contributed by atoms with Gasteiger partial charge in [0.1, 0.15) is 11.9 Å². The van der Waals surface area contributed by atoms with Gasteiger partial charge in [-0.1, -0.05) is 13.0 Å². The van der Waals surface area contributed by atoms with Crippen molar-refractivity contribution >= 4 is 17.7 Å². The zero-order chi connectivity index (χ0) is 13.7. The zero-order valence-electron chi connectivity index (χ0n) is 10.2. The summed E-state index contributed by atoms with van der Waals surface area (Å²) in [5, 5.41) is 11.2. The van der Waals surface area contributed by atoms with Crippen molar-refractivity contribution in [2.75, 3.05) is 11.9 Å². The highest BCUT2D eigenvalue weighted by atomic mass is 19.1. The number of nitrogens with one attached hydrogen (secondary N) is 1. The molecule has 1 aromatic carbocycles. The number of benzene rings is 1. The lowest BCUT2D eigenvalue weighted by molar-refractivity contribution is -0.139. The van der Waals surface area contributed by atoms with Gasteiger partial charge < -0.3 is 10.4 Å². The maximum absolute atomic E-state index is 13.0. The van der Waals surface area contributed by atoms with Crippen LogP contribution in [0.4, 0.5) is 14.9 Å². The second-order valence-electron chi connectivity index (χ2n) is 3.79. The Kier molecular flexibility index (Phi) is 4.65. The van der Waals surface area contributed by atoms with Crippen LogP contribution in [-0.2, 0) is 4.79 Å². The summed E-state index contributed by atoms with van der Waals surface area (Å²) >= 11 is 0. The summed E-state index contributed by atoms with van der Waals surface area (Å²) in [6.07, 6.45) is 0.276. The smallest absolute Gasteiger partial charge is 0.326 e. The monoisotopic (exact) mass is 254 g/mol. The standard InChI is InChI=1S/C12H15FN2O3/c1-3-10(11(16)17)14-12(18)15(2)9-6-4-5-8(13)7-9/h4-7,10H,3H2,1-2H3,(H,14,18)(H,16,17). The molecule has 0 fully saturated rings. The molecular formula is C12H15FN2O3. The van der Waals surface area contributed by atoms with Crippen molar-refractivity contribution in [1.29, 1.82) is 0 Å². The minimum atomic E-state index is -1.10. The van der Waals surface area contributed by atoms with E-state index in [1.54, 1.807) is 13.0 Å². The molecule has 0 heterocycles. The summed E-state index contributed by atoms with van der Waals surface area (Å²) in [7, 11) is 1.44. The Morgan fingerprint density at radius 1 is 1.50 bits per heavy atom. The number of amides is 2. The molecule has 1 aromatic rings. The predicted molar refractivity (Wildman–Crippen MR) is 65.0 cm³/mol. The number of nitrogens with zero attached hydrogens (tertiary/aromatic N) is 1. The second kappa shape index (κ2) is 6.00. The van der Waals surface area contributed by atoms with Crippen molar-refractivity contribution in [2.45, 2.75) is 19.4 Å². The number of aliphatic carboxylic acids is 1. The molecule has 5 nitrogen and oxygen atoms in total. The van der Waals surface area contributed by atoms with Crippen LogP contribution in [0.2, 0.25) is 0 Å². The van der Waals surface area contributed by atoms with Crippen LogP contribution in [0.25, 0.3) is 0 Å². The lowest BCUT2D eigenvalue weighted by Crippen LogP contribution is -2.46. The summed E-state index contributed by atoms with van der Waals surface area (Å²) in [5.41, 5.74) is 0.354. The number of carbonyl (C=O) groups excluding carboxylic acids is 1.